The highest BCUT2D eigenvalue weighted by Gasteiger charge is 2.51. The molecule has 15 aromatic rings. The van der Waals surface area contributed by atoms with Gasteiger partial charge < -0.3 is 43.4 Å². The third kappa shape index (κ3) is 10.5. The Morgan fingerprint density at radius 1 is 0.255 bits per heavy atom. The van der Waals surface area contributed by atoms with Gasteiger partial charge >= 0.3 is 0 Å². The molecule has 0 spiro atoms. The van der Waals surface area contributed by atoms with Crippen LogP contribution in [0.2, 0.25) is 0 Å². The van der Waals surface area contributed by atoms with Gasteiger partial charge in [0.2, 0.25) is 0 Å². The number of ether oxygens (including phenoxy) is 4. The first-order valence-electron chi connectivity index (χ1n) is 37.9. The molecular formula is C96H74B3N5O4S2. The zero-order chi connectivity index (χ0) is 74.0. The molecule has 6 aliphatic rings. The first-order chi connectivity index (χ1) is 53.6. The summed E-state index contributed by atoms with van der Waals surface area (Å²) in [5, 5.41) is 0. The summed E-state index contributed by atoms with van der Waals surface area (Å²) in [6.07, 6.45) is 0. The van der Waals surface area contributed by atoms with Crippen molar-refractivity contribution >= 4 is 176 Å². The number of nitrogens with zero attached hydrogens (tertiary/aromatic N) is 5. The van der Waals surface area contributed by atoms with Crippen LogP contribution in [0.25, 0.3) is 0 Å². The molecule has 9 nitrogen and oxygen atoms in total. The van der Waals surface area contributed by atoms with E-state index in [0.717, 1.165) is 180 Å². The Bertz CT molecular complexity index is 6110. The molecule has 0 radical (unpaired) electrons. The smallest absolute Gasteiger partial charge is 0.273 e. The topological polar surface area (TPSA) is 53.1 Å². The van der Waals surface area contributed by atoms with Crippen molar-refractivity contribution in [2.45, 2.75) is 66.2 Å². The fourth-order valence-electron chi connectivity index (χ4n) is 17.5. The molecule has 0 aliphatic carbocycles. The van der Waals surface area contributed by atoms with E-state index in [1.165, 1.54) is 20.0 Å². The van der Waals surface area contributed by atoms with Crippen molar-refractivity contribution in [2.24, 2.45) is 0 Å². The van der Waals surface area contributed by atoms with E-state index in [4.69, 9.17) is 18.9 Å². The summed E-state index contributed by atoms with van der Waals surface area (Å²) in [5.74, 6) is 6.34. The molecule has 0 saturated carbocycles. The lowest BCUT2D eigenvalue weighted by Crippen LogP contribution is -2.64. The van der Waals surface area contributed by atoms with Gasteiger partial charge in [0.25, 0.3) is 20.1 Å². The van der Waals surface area contributed by atoms with Crippen molar-refractivity contribution < 1.29 is 18.9 Å². The molecule has 0 atom stereocenters. The van der Waals surface area contributed by atoms with E-state index in [1.807, 2.05) is 22.7 Å². The number of benzene rings is 13. The van der Waals surface area contributed by atoms with Crippen LogP contribution in [0.1, 0.15) is 62.4 Å². The molecule has 0 N–H and O–H groups in total. The van der Waals surface area contributed by atoms with Gasteiger partial charge in [-0.15, -0.1) is 22.7 Å². The fraction of sp³-hybridized carbons (Fsp3) is 0.104. The van der Waals surface area contributed by atoms with E-state index < -0.39 is 0 Å². The number of anilines is 15. The molecule has 0 fully saturated rings. The van der Waals surface area contributed by atoms with Gasteiger partial charge in [0.1, 0.15) is 46.0 Å². The minimum atomic E-state index is -0.375. The average molecular weight is 1460 g/mol. The Morgan fingerprint density at radius 2 is 0.555 bits per heavy atom. The van der Waals surface area contributed by atoms with Gasteiger partial charge in [0, 0.05) is 123 Å². The Morgan fingerprint density at radius 3 is 0.927 bits per heavy atom. The number of rotatable bonds is 11. The number of hydrogen-bond donors (Lipinski definition) is 0. The lowest BCUT2D eigenvalue weighted by Gasteiger charge is -2.45. The first-order valence-corrected chi connectivity index (χ1v) is 39.6. The Kier molecular flexibility index (Phi) is 15.0. The zero-order valence-electron chi connectivity index (χ0n) is 62.3. The lowest BCUT2D eigenvalue weighted by atomic mass is 9.30. The molecule has 0 bridgehead atoms. The molecule has 0 unspecified atom stereocenters. The highest BCUT2D eigenvalue weighted by atomic mass is 32.1. The summed E-state index contributed by atoms with van der Waals surface area (Å²) < 4.78 is 32.7. The van der Waals surface area contributed by atoms with E-state index in [2.05, 4.69) is 383 Å². The molecule has 6 aliphatic heterocycles. The van der Waals surface area contributed by atoms with Crippen molar-refractivity contribution in [3.05, 3.63) is 324 Å². The molecule has 528 valence electrons. The minimum Gasteiger partial charge on any atom is -0.458 e. The monoisotopic (exact) mass is 1460 g/mol. The lowest BCUT2D eigenvalue weighted by molar-refractivity contribution is 0.456. The van der Waals surface area contributed by atoms with E-state index in [9.17, 15) is 0 Å². The summed E-state index contributed by atoms with van der Waals surface area (Å²) in [6, 6.07) is 110. The third-order valence-corrected chi connectivity index (χ3v) is 25.8. The Labute approximate surface area is 651 Å². The quantitative estimate of drug-likeness (QED) is 0.118. The highest BCUT2D eigenvalue weighted by Crippen LogP contribution is 2.53. The summed E-state index contributed by atoms with van der Waals surface area (Å²) in [4.78, 5) is 14.7. The third-order valence-electron chi connectivity index (χ3n) is 22.6. The molecule has 21 rings (SSSR count). The number of fused-ring (bicyclic) bond motifs is 12. The maximum atomic E-state index is 7.87. The summed E-state index contributed by atoms with van der Waals surface area (Å²) in [6.45, 7) is 17.5. The second-order valence-corrected chi connectivity index (χ2v) is 33.8. The van der Waals surface area contributed by atoms with Gasteiger partial charge in [0.15, 0.2) is 0 Å². The molecule has 8 heterocycles. The molecule has 14 heteroatoms. The second kappa shape index (κ2) is 25.1. The fourth-order valence-corrected chi connectivity index (χ4v) is 20.1. The van der Waals surface area contributed by atoms with E-state index >= 15 is 0 Å². The molecule has 110 heavy (non-hydrogen) atoms. The van der Waals surface area contributed by atoms with Crippen LogP contribution in [0, 0.1) is 13.8 Å². The minimum absolute atomic E-state index is 0.157. The van der Waals surface area contributed by atoms with Gasteiger partial charge in [-0.25, -0.2) is 0 Å². The van der Waals surface area contributed by atoms with Crippen molar-refractivity contribution in [3.8, 4) is 46.0 Å². The molecule has 2 aromatic heterocycles. The van der Waals surface area contributed by atoms with Gasteiger partial charge in [-0.1, -0.05) is 199 Å². The van der Waals surface area contributed by atoms with E-state index in [1.54, 1.807) is 0 Å². The van der Waals surface area contributed by atoms with Crippen LogP contribution < -0.4 is 91.2 Å². The predicted octanol–water partition coefficient (Wildman–Crippen LogP) is 21.0. The van der Waals surface area contributed by atoms with E-state index in [0.29, 0.717) is 0 Å². The molecule has 13 aromatic carbocycles. The van der Waals surface area contributed by atoms with Crippen LogP contribution in [-0.2, 0) is 10.8 Å². The Balaban J connectivity index is 0.854. The highest BCUT2D eigenvalue weighted by molar-refractivity contribution is 7.29. The van der Waals surface area contributed by atoms with Crippen molar-refractivity contribution in [1.29, 1.82) is 0 Å². The van der Waals surface area contributed by atoms with Crippen molar-refractivity contribution in [1.82, 2.24) is 0 Å². The molecule has 0 saturated heterocycles. The van der Waals surface area contributed by atoms with E-state index in [-0.39, 0.29) is 31.0 Å². The van der Waals surface area contributed by atoms with Gasteiger partial charge in [-0.3, -0.25) is 0 Å². The van der Waals surface area contributed by atoms with Gasteiger partial charge in [-0.05, 0) is 184 Å². The number of hydrogen-bond acceptors (Lipinski definition) is 11. The number of para-hydroxylation sites is 8. The normalized spacial score (nSPS) is 13.5. The van der Waals surface area contributed by atoms with Crippen LogP contribution in [0.15, 0.2) is 303 Å². The van der Waals surface area contributed by atoms with Crippen LogP contribution in [0.5, 0.6) is 46.0 Å². The van der Waals surface area contributed by atoms with Crippen LogP contribution in [0.4, 0.5) is 85.3 Å². The number of thiophene rings is 2. The number of aryl methyl sites for hydroxylation is 2. The largest absolute Gasteiger partial charge is 0.458 e. The maximum absolute atomic E-state index is 7.87. The maximum Gasteiger partial charge on any atom is 0.273 e. The Hall–Kier alpha value is -12.3. The second-order valence-electron chi connectivity index (χ2n) is 31.7. The standard InChI is InChI=1S/C96H74B3N5O4S2/c1-59-31-27-29-45-74(59)103-76-55-77-71(98-91-79(104(77)75-46-30-28-32-60(75)2)48-68(50-83(91)107-86-57-88(95(3,4)5)109-93(86)98)101(63-37-19-11-20-38-63)64-39-21-12-22-40-64)53-70(76)97-72-54-73-81(56-80(72)105-82-49-67(47-78(103)90(82)97)100(61-33-15-9-16-34-61)62-35-17-10-18-36-62)106-84-51-69(102(65-41-23-13-24-42-65)66-43-25-14-26-44-66)52-85-92(84)99(73)94-87(108-85)58-89(110-94)96(6,7)8/h9-58H,1-8H3. The van der Waals surface area contributed by atoms with Gasteiger partial charge in [0.05, 0.1) is 17.1 Å². The molecular weight excluding hydrogens is 1380 g/mol. The average Bonchev–Trinajstić information content (AvgIpc) is 0.877. The summed E-state index contributed by atoms with van der Waals surface area (Å²) in [5.41, 5.74) is 25.1. The van der Waals surface area contributed by atoms with Gasteiger partial charge in [-0.2, -0.15) is 0 Å². The first kappa shape index (κ1) is 65.9. The van der Waals surface area contributed by atoms with Crippen molar-refractivity contribution in [2.75, 3.05) is 24.5 Å². The van der Waals surface area contributed by atoms with Crippen LogP contribution >= 0.6 is 22.7 Å². The van der Waals surface area contributed by atoms with Crippen LogP contribution in [0.3, 0.4) is 0 Å². The predicted molar refractivity (Wildman–Crippen MR) is 463 cm³/mol. The zero-order valence-corrected chi connectivity index (χ0v) is 63.9. The SMILES string of the molecule is Cc1ccccc1N1c2cc3c(cc2B2c4cc5c(cc4Oc4cc(N(c6ccccc6)c6ccccc6)cc1c42)Oc1cc(N(c2ccccc2)c2ccccc2)cc2c1B5c1sc(C(C)(C)C)cc1O2)B1c2sc(C(C)(C)C)cc2Oc2cc(N(c4ccccc4)c4ccccc4)cc(c21)N3c1ccccc1C. The summed E-state index contributed by atoms with van der Waals surface area (Å²) in [7, 11) is 0. The van der Waals surface area contributed by atoms with Crippen molar-refractivity contribution in [3.63, 3.8) is 0 Å². The summed E-state index contributed by atoms with van der Waals surface area (Å²) >= 11 is 3.73. The molecule has 0 amide bonds. The van der Waals surface area contributed by atoms with Crippen LogP contribution in [-0.4, -0.2) is 20.1 Å².